The fourth-order valence-corrected chi connectivity index (χ4v) is 3.80. The summed E-state index contributed by atoms with van der Waals surface area (Å²) in [6.07, 6.45) is 1.86. The number of aromatic nitrogens is 4. The highest BCUT2D eigenvalue weighted by Gasteiger charge is 2.26. The highest BCUT2D eigenvalue weighted by atomic mass is 32.1. The van der Waals surface area contributed by atoms with Gasteiger partial charge in [0.25, 0.3) is 0 Å². The number of hydrogen-bond donors (Lipinski definition) is 0. The summed E-state index contributed by atoms with van der Waals surface area (Å²) in [6.45, 7) is 7.57. The smallest absolute Gasteiger partial charge is 0.133 e. The maximum Gasteiger partial charge on any atom is 0.133 e. The minimum atomic E-state index is 0.187. The van der Waals surface area contributed by atoms with E-state index >= 15 is 0 Å². The molecule has 0 radical (unpaired) electrons. The zero-order chi connectivity index (χ0) is 17.2. The normalized spacial score (nSPS) is 17.8. The number of rotatable bonds is 6. The number of aryl methyl sites for hydroxylation is 2. The quantitative estimate of drug-likeness (QED) is 0.674. The summed E-state index contributed by atoms with van der Waals surface area (Å²) < 4.78 is 13.2. The first-order valence-electron chi connectivity index (χ1n) is 8.33. The van der Waals surface area contributed by atoms with Crippen LogP contribution in [0.15, 0.2) is 28.2 Å². The molecule has 0 amide bonds. The summed E-state index contributed by atoms with van der Waals surface area (Å²) in [5.74, 6) is 0.843. The van der Waals surface area contributed by atoms with Crippen LogP contribution in [0.5, 0.6) is 0 Å². The van der Waals surface area contributed by atoms with Crippen molar-refractivity contribution in [3.05, 3.63) is 51.6 Å². The van der Waals surface area contributed by atoms with Crippen LogP contribution < -0.4 is 0 Å². The van der Waals surface area contributed by atoms with Crippen LogP contribution in [-0.2, 0) is 24.4 Å². The first-order chi connectivity index (χ1) is 12.2. The second kappa shape index (κ2) is 7.07. The van der Waals surface area contributed by atoms with E-state index < -0.39 is 0 Å². The molecule has 3 aromatic heterocycles. The largest absolute Gasteiger partial charge is 0.373 e. The molecule has 3 aromatic rings. The Morgan fingerprint density at radius 3 is 3.04 bits per heavy atom. The molecule has 8 heteroatoms. The fourth-order valence-electron chi connectivity index (χ4n) is 3.20. The average Bonchev–Trinajstić information content (AvgIpc) is 3.29. The second-order valence-electron chi connectivity index (χ2n) is 6.39. The Balaban J connectivity index is 1.39. The summed E-state index contributed by atoms with van der Waals surface area (Å²) in [6, 6.07) is 4.24. The van der Waals surface area contributed by atoms with Crippen LogP contribution in [0, 0.1) is 13.8 Å². The first-order valence-corrected chi connectivity index (χ1v) is 9.21. The molecular formula is C17H21N5O2S. The molecule has 0 saturated carbocycles. The molecule has 0 saturated heterocycles. The maximum atomic E-state index is 5.92. The fraction of sp³-hybridized carbons (Fsp3) is 0.471. The molecule has 1 unspecified atom stereocenters. The molecule has 0 aromatic carbocycles. The van der Waals surface area contributed by atoms with Gasteiger partial charge in [0, 0.05) is 37.3 Å². The third-order valence-corrected chi connectivity index (χ3v) is 5.06. The van der Waals surface area contributed by atoms with Crippen molar-refractivity contribution >= 4 is 11.3 Å². The van der Waals surface area contributed by atoms with Gasteiger partial charge in [-0.2, -0.15) is 5.10 Å². The van der Waals surface area contributed by atoms with Crippen LogP contribution in [0.25, 0.3) is 0 Å². The number of fused-ring (bicyclic) bond motifs is 1. The third kappa shape index (κ3) is 3.81. The van der Waals surface area contributed by atoms with E-state index in [-0.39, 0.29) is 6.04 Å². The predicted octanol–water partition coefficient (Wildman–Crippen LogP) is 2.72. The van der Waals surface area contributed by atoms with Crippen molar-refractivity contribution < 1.29 is 9.26 Å². The minimum absolute atomic E-state index is 0.187. The number of nitrogens with zero attached hydrogens (tertiary/aromatic N) is 5. The molecule has 1 aliphatic heterocycles. The van der Waals surface area contributed by atoms with Gasteiger partial charge in [-0.15, -0.1) is 11.3 Å². The highest BCUT2D eigenvalue weighted by Crippen LogP contribution is 2.22. The first kappa shape index (κ1) is 16.4. The number of hydrogen-bond acceptors (Lipinski definition) is 7. The molecule has 25 heavy (non-hydrogen) atoms. The molecule has 7 nitrogen and oxygen atoms in total. The molecule has 4 heterocycles. The SMILES string of the molecule is Cc1cc(CN2Cc3ccnn3C(COCc3csc(C)n3)C2)no1. The van der Waals surface area contributed by atoms with Gasteiger partial charge in [0.1, 0.15) is 5.76 Å². The van der Waals surface area contributed by atoms with Crippen molar-refractivity contribution in [1.82, 2.24) is 24.8 Å². The average molecular weight is 359 g/mol. The van der Waals surface area contributed by atoms with Crippen LogP contribution in [0.2, 0.25) is 0 Å². The Morgan fingerprint density at radius 2 is 2.28 bits per heavy atom. The van der Waals surface area contributed by atoms with Crippen LogP contribution in [0.1, 0.15) is 33.9 Å². The van der Waals surface area contributed by atoms with Gasteiger partial charge in [-0.25, -0.2) is 4.98 Å². The number of ether oxygens (including phenoxy) is 1. The van der Waals surface area contributed by atoms with Crippen molar-refractivity contribution in [2.24, 2.45) is 0 Å². The van der Waals surface area contributed by atoms with Gasteiger partial charge in [0.2, 0.25) is 0 Å². The zero-order valence-electron chi connectivity index (χ0n) is 14.4. The molecule has 0 aliphatic carbocycles. The monoisotopic (exact) mass is 359 g/mol. The van der Waals surface area contributed by atoms with Gasteiger partial charge in [0.15, 0.2) is 0 Å². The van der Waals surface area contributed by atoms with Gasteiger partial charge in [0.05, 0.1) is 41.3 Å². The summed E-state index contributed by atoms with van der Waals surface area (Å²) in [5.41, 5.74) is 3.15. The lowest BCUT2D eigenvalue weighted by molar-refractivity contribution is 0.0516. The molecule has 1 aliphatic rings. The lowest BCUT2D eigenvalue weighted by Gasteiger charge is -2.33. The molecular weight excluding hydrogens is 338 g/mol. The van der Waals surface area contributed by atoms with Crippen molar-refractivity contribution in [3.8, 4) is 0 Å². The topological polar surface area (TPSA) is 69.2 Å². The molecule has 0 bridgehead atoms. The van der Waals surface area contributed by atoms with Crippen LogP contribution >= 0.6 is 11.3 Å². The third-order valence-electron chi connectivity index (χ3n) is 4.24. The summed E-state index contributed by atoms with van der Waals surface area (Å²) in [5, 5.41) is 11.7. The Morgan fingerprint density at radius 1 is 1.36 bits per heavy atom. The van der Waals surface area contributed by atoms with E-state index in [0.717, 1.165) is 41.8 Å². The van der Waals surface area contributed by atoms with Crippen molar-refractivity contribution in [3.63, 3.8) is 0 Å². The Hall–Kier alpha value is -2.03. The van der Waals surface area contributed by atoms with E-state index in [1.165, 1.54) is 5.69 Å². The lowest BCUT2D eigenvalue weighted by atomic mass is 10.2. The predicted molar refractivity (Wildman–Crippen MR) is 93.1 cm³/mol. The standard InChI is InChI=1S/C17H21N5O2S/c1-12-5-14(20-24-12)6-21-7-16-3-4-18-22(16)17(8-21)10-23-9-15-11-25-13(2)19-15/h3-5,11,17H,6-10H2,1-2H3. The van der Waals surface area contributed by atoms with Crippen LogP contribution in [-0.4, -0.2) is 38.0 Å². The molecule has 4 rings (SSSR count). The highest BCUT2D eigenvalue weighted by molar-refractivity contribution is 7.09. The molecule has 1 atom stereocenters. The van der Waals surface area contributed by atoms with Crippen molar-refractivity contribution in [1.29, 1.82) is 0 Å². The molecule has 0 fully saturated rings. The summed E-state index contributed by atoms with van der Waals surface area (Å²) in [4.78, 5) is 6.80. The van der Waals surface area contributed by atoms with E-state index in [4.69, 9.17) is 9.26 Å². The van der Waals surface area contributed by atoms with Gasteiger partial charge in [-0.1, -0.05) is 5.16 Å². The van der Waals surface area contributed by atoms with Crippen molar-refractivity contribution in [2.75, 3.05) is 13.2 Å². The van der Waals surface area contributed by atoms with Crippen LogP contribution in [0.3, 0.4) is 0 Å². The maximum absolute atomic E-state index is 5.92. The minimum Gasteiger partial charge on any atom is -0.373 e. The van der Waals surface area contributed by atoms with E-state index in [0.29, 0.717) is 13.2 Å². The van der Waals surface area contributed by atoms with Gasteiger partial charge >= 0.3 is 0 Å². The van der Waals surface area contributed by atoms with Gasteiger partial charge in [-0.05, 0) is 19.9 Å². The van der Waals surface area contributed by atoms with Gasteiger partial charge in [-0.3, -0.25) is 9.58 Å². The molecule has 0 N–H and O–H groups in total. The lowest BCUT2D eigenvalue weighted by Crippen LogP contribution is -2.39. The summed E-state index contributed by atoms with van der Waals surface area (Å²) in [7, 11) is 0. The second-order valence-corrected chi connectivity index (χ2v) is 7.45. The Labute approximate surface area is 150 Å². The van der Waals surface area contributed by atoms with E-state index in [1.54, 1.807) is 11.3 Å². The van der Waals surface area contributed by atoms with Crippen molar-refractivity contribution in [2.45, 2.75) is 39.6 Å². The van der Waals surface area contributed by atoms with E-state index in [9.17, 15) is 0 Å². The Bertz CT molecular complexity index is 840. The summed E-state index contributed by atoms with van der Waals surface area (Å²) >= 11 is 1.65. The zero-order valence-corrected chi connectivity index (χ0v) is 15.2. The number of thiazole rings is 1. The van der Waals surface area contributed by atoms with Gasteiger partial charge < -0.3 is 9.26 Å². The van der Waals surface area contributed by atoms with Crippen LogP contribution in [0.4, 0.5) is 0 Å². The molecule has 132 valence electrons. The Kier molecular flexibility index (Phi) is 4.65. The molecule has 0 spiro atoms. The van der Waals surface area contributed by atoms with E-state index in [1.807, 2.05) is 26.1 Å². The van der Waals surface area contributed by atoms with E-state index in [2.05, 4.69) is 36.3 Å².